The minimum atomic E-state index is 0.755. The summed E-state index contributed by atoms with van der Waals surface area (Å²) in [5, 5.41) is 0. The predicted octanol–water partition coefficient (Wildman–Crippen LogP) is 2.53. The molecule has 2 heteroatoms. The summed E-state index contributed by atoms with van der Waals surface area (Å²) < 4.78 is 0. The van der Waals surface area contributed by atoms with Gasteiger partial charge in [-0.15, -0.1) is 0 Å². The van der Waals surface area contributed by atoms with Gasteiger partial charge in [-0.2, -0.15) is 0 Å². The van der Waals surface area contributed by atoms with Gasteiger partial charge in [0, 0.05) is 18.3 Å². The number of hydrogen-bond donors (Lipinski definition) is 0. The number of aldehydes is 1. The van der Waals surface area contributed by atoms with Crippen LogP contribution >= 0.6 is 0 Å². The lowest BCUT2D eigenvalue weighted by atomic mass is 10.1. The zero-order valence-electron chi connectivity index (χ0n) is 9.17. The number of allylic oxidation sites excluding steroid dienone is 2. The maximum absolute atomic E-state index is 10.7. The van der Waals surface area contributed by atoms with Crippen molar-refractivity contribution >= 4 is 6.29 Å². The Hall–Kier alpha value is -1.83. The van der Waals surface area contributed by atoms with Crippen molar-refractivity contribution in [3.05, 3.63) is 59.9 Å². The van der Waals surface area contributed by atoms with Crippen LogP contribution in [0.25, 0.3) is 0 Å². The van der Waals surface area contributed by atoms with Crippen LogP contribution in [0.3, 0.4) is 0 Å². The smallest absolute Gasteiger partial charge is 0.147 e. The second-order valence-electron chi connectivity index (χ2n) is 3.88. The zero-order chi connectivity index (χ0) is 11.2. The molecule has 1 aliphatic heterocycles. The van der Waals surface area contributed by atoms with Crippen LogP contribution in [-0.2, 0) is 11.2 Å². The Morgan fingerprint density at radius 3 is 2.81 bits per heavy atom. The molecule has 0 spiro atoms. The third kappa shape index (κ3) is 2.83. The van der Waals surface area contributed by atoms with Crippen LogP contribution in [0.5, 0.6) is 0 Å². The number of carbonyl (C=O) groups excluding carboxylic acids is 1. The Kier molecular flexibility index (Phi) is 3.54. The molecular formula is C14H15NO. The van der Waals surface area contributed by atoms with Gasteiger partial charge in [-0.3, -0.25) is 4.79 Å². The molecule has 0 saturated heterocycles. The van der Waals surface area contributed by atoms with Gasteiger partial charge in [0.1, 0.15) is 6.29 Å². The molecule has 1 aromatic carbocycles. The van der Waals surface area contributed by atoms with Gasteiger partial charge >= 0.3 is 0 Å². The Morgan fingerprint density at radius 2 is 2.06 bits per heavy atom. The van der Waals surface area contributed by atoms with Crippen molar-refractivity contribution in [2.24, 2.45) is 0 Å². The summed E-state index contributed by atoms with van der Waals surface area (Å²) in [5.41, 5.74) is 2.16. The van der Waals surface area contributed by atoms with E-state index >= 15 is 0 Å². The SMILES string of the molecule is O=CC1=CN(CCc2ccccc2)C=CC1. The molecule has 0 N–H and O–H groups in total. The van der Waals surface area contributed by atoms with E-state index in [2.05, 4.69) is 17.0 Å². The summed E-state index contributed by atoms with van der Waals surface area (Å²) >= 11 is 0. The standard InChI is InChI=1S/C14H15NO/c16-12-14-7-4-9-15(11-14)10-8-13-5-2-1-3-6-13/h1-6,9,11-12H,7-8,10H2. The van der Waals surface area contributed by atoms with E-state index in [0.717, 1.165) is 31.2 Å². The van der Waals surface area contributed by atoms with Crippen LogP contribution in [0.2, 0.25) is 0 Å². The quantitative estimate of drug-likeness (QED) is 0.716. The molecule has 0 aromatic heterocycles. The second kappa shape index (κ2) is 5.31. The van der Waals surface area contributed by atoms with Crippen molar-refractivity contribution in [2.45, 2.75) is 12.8 Å². The summed E-state index contributed by atoms with van der Waals surface area (Å²) in [6.07, 6.45) is 8.67. The highest BCUT2D eigenvalue weighted by molar-refractivity contribution is 5.73. The molecule has 0 fully saturated rings. The number of nitrogens with zero attached hydrogens (tertiary/aromatic N) is 1. The van der Waals surface area contributed by atoms with Crippen molar-refractivity contribution in [1.29, 1.82) is 0 Å². The van der Waals surface area contributed by atoms with E-state index in [4.69, 9.17) is 0 Å². The Labute approximate surface area is 95.9 Å². The van der Waals surface area contributed by atoms with E-state index in [1.54, 1.807) is 0 Å². The van der Waals surface area contributed by atoms with E-state index in [0.29, 0.717) is 0 Å². The lowest BCUT2D eigenvalue weighted by Crippen LogP contribution is -2.16. The van der Waals surface area contributed by atoms with Gasteiger partial charge in [0.25, 0.3) is 0 Å². The normalized spacial score (nSPS) is 14.8. The lowest BCUT2D eigenvalue weighted by Gasteiger charge is -2.19. The minimum absolute atomic E-state index is 0.755. The fourth-order valence-corrected chi connectivity index (χ4v) is 1.75. The van der Waals surface area contributed by atoms with Gasteiger partial charge in [0.15, 0.2) is 0 Å². The molecule has 1 heterocycles. The maximum Gasteiger partial charge on any atom is 0.147 e. The number of benzene rings is 1. The first-order chi connectivity index (χ1) is 7.88. The van der Waals surface area contributed by atoms with E-state index in [1.165, 1.54) is 5.56 Å². The molecule has 0 atom stereocenters. The van der Waals surface area contributed by atoms with E-state index in [1.807, 2.05) is 36.7 Å². The van der Waals surface area contributed by atoms with Crippen molar-refractivity contribution < 1.29 is 4.79 Å². The molecular weight excluding hydrogens is 198 g/mol. The van der Waals surface area contributed by atoms with E-state index in [-0.39, 0.29) is 0 Å². The van der Waals surface area contributed by atoms with Gasteiger partial charge in [0.05, 0.1) is 0 Å². The highest BCUT2D eigenvalue weighted by Crippen LogP contribution is 2.10. The molecule has 0 saturated carbocycles. The van der Waals surface area contributed by atoms with Gasteiger partial charge < -0.3 is 4.90 Å². The zero-order valence-corrected chi connectivity index (χ0v) is 9.17. The molecule has 0 unspecified atom stereocenters. The average molecular weight is 213 g/mol. The van der Waals surface area contributed by atoms with Crippen LogP contribution in [0, 0.1) is 0 Å². The predicted molar refractivity (Wildman–Crippen MR) is 64.8 cm³/mol. The fourth-order valence-electron chi connectivity index (χ4n) is 1.75. The molecule has 1 aromatic rings. The van der Waals surface area contributed by atoms with Crippen LogP contribution < -0.4 is 0 Å². The summed E-state index contributed by atoms with van der Waals surface area (Å²) in [6.45, 7) is 0.915. The van der Waals surface area contributed by atoms with Crippen molar-refractivity contribution in [2.75, 3.05) is 6.54 Å². The first-order valence-corrected chi connectivity index (χ1v) is 5.51. The van der Waals surface area contributed by atoms with Gasteiger partial charge in [-0.05, 0) is 24.6 Å². The third-order valence-electron chi connectivity index (χ3n) is 2.63. The molecule has 0 aliphatic carbocycles. The molecule has 2 rings (SSSR count). The topological polar surface area (TPSA) is 20.3 Å². The van der Waals surface area contributed by atoms with Crippen LogP contribution in [0.1, 0.15) is 12.0 Å². The van der Waals surface area contributed by atoms with Crippen molar-refractivity contribution in [1.82, 2.24) is 4.90 Å². The Balaban J connectivity index is 1.91. The Morgan fingerprint density at radius 1 is 1.25 bits per heavy atom. The first-order valence-electron chi connectivity index (χ1n) is 5.51. The second-order valence-corrected chi connectivity index (χ2v) is 3.88. The van der Waals surface area contributed by atoms with Crippen LogP contribution in [-0.4, -0.2) is 17.7 Å². The number of hydrogen-bond acceptors (Lipinski definition) is 2. The molecule has 0 radical (unpaired) electrons. The summed E-state index contributed by atoms with van der Waals surface area (Å²) in [6, 6.07) is 10.4. The monoisotopic (exact) mass is 213 g/mol. The molecule has 82 valence electrons. The highest BCUT2D eigenvalue weighted by atomic mass is 16.1. The van der Waals surface area contributed by atoms with Crippen LogP contribution in [0.15, 0.2) is 54.4 Å². The maximum atomic E-state index is 10.7. The number of carbonyl (C=O) groups is 1. The first kappa shape index (κ1) is 10.7. The fraction of sp³-hybridized carbons (Fsp3) is 0.214. The lowest BCUT2D eigenvalue weighted by molar-refractivity contribution is -0.105. The van der Waals surface area contributed by atoms with Gasteiger partial charge in [-0.1, -0.05) is 36.4 Å². The van der Waals surface area contributed by atoms with Crippen molar-refractivity contribution in [3.63, 3.8) is 0 Å². The third-order valence-corrected chi connectivity index (χ3v) is 2.63. The largest absolute Gasteiger partial charge is 0.354 e. The van der Waals surface area contributed by atoms with E-state index < -0.39 is 0 Å². The van der Waals surface area contributed by atoms with Gasteiger partial charge in [-0.25, -0.2) is 0 Å². The Bertz CT molecular complexity index is 406. The van der Waals surface area contributed by atoms with Crippen LogP contribution in [0.4, 0.5) is 0 Å². The molecule has 2 nitrogen and oxygen atoms in total. The van der Waals surface area contributed by atoms with Crippen molar-refractivity contribution in [3.8, 4) is 0 Å². The minimum Gasteiger partial charge on any atom is -0.354 e. The highest BCUT2D eigenvalue weighted by Gasteiger charge is 2.04. The molecule has 16 heavy (non-hydrogen) atoms. The number of rotatable bonds is 4. The van der Waals surface area contributed by atoms with E-state index in [9.17, 15) is 4.79 Å². The van der Waals surface area contributed by atoms with Gasteiger partial charge in [0.2, 0.25) is 0 Å². The summed E-state index contributed by atoms with van der Waals surface area (Å²) in [5.74, 6) is 0. The molecule has 1 aliphatic rings. The molecule has 0 bridgehead atoms. The summed E-state index contributed by atoms with van der Waals surface area (Å²) in [7, 11) is 0. The summed E-state index contributed by atoms with van der Waals surface area (Å²) in [4.78, 5) is 12.7. The molecule has 0 amide bonds. The average Bonchev–Trinajstić information content (AvgIpc) is 2.38.